The van der Waals surface area contributed by atoms with Gasteiger partial charge >= 0.3 is 0 Å². The van der Waals surface area contributed by atoms with Crippen molar-refractivity contribution >= 4 is 29.6 Å². The summed E-state index contributed by atoms with van der Waals surface area (Å²) in [4.78, 5) is 25.9. The first-order chi connectivity index (χ1) is 15.1. The van der Waals surface area contributed by atoms with Gasteiger partial charge < -0.3 is 4.74 Å². The lowest BCUT2D eigenvalue weighted by Crippen LogP contribution is -2.30. The highest BCUT2D eigenvalue weighted by Crippen LogP contribution is 2.73. The zero-order valence-corrected chi connectivity index (χ0v) is 17.5. The van der Waals surface area contributed by atoms with E-state index in [-0.39, 0.29) is 40.9 Å². The van der Waals surface area contributed by atoms with Gasteiger partial charge in [-0.15, -0.1) is 0 Å². The van der Waals surface area contributed by atoms with Gasteiger partial charge in [-0.25, -0.2) is 0 Å². The molecule has 4 aliphatic rings. The first kappa shape index (κ1) is 18.8. The van der Waals surface area contributed by atoms with Crippen molar-refractivity contribution in [3.63, 3.8) is 0 Å². The topological polar surface area (TPSA) is 59.0 Å². The summed E-state index contributed by atoms with van der Waals surface area (Å²) in [6, 6.07) is 14.9. The molecule has 0 aromatic heterocycles. The van der Waals surface area contributed by atoms with E-state index in [1.54, 1.807) is 6.21 Å². The summed E-state index contributed by atoms with van der Waals surface area (Å²) in [7, 11) is 0. The van der Waals surface area contributed by atoms with Gasteiger partial charge in [-0.05, 0) is 77.6 Å². The van der Waals surface area contributed by atoms with E-state index < -0.39 is 0 Å². The Kier molecular flexibility index (Phi) is 4.12. The van der Waals surface area contributed by atoms with Gasteiger partial charge in [0.05, 0.1) is 18.1 Å². The third kappa shape index (κ3) is 2.87. The van der Waals surface area contributed by atoms with E-state index in [1.807, 2.05) is 48.5 Å². The number of nitrogens with zero attached hydrogens (tertiary/aromatic N) is 2. The van der Waals surface area contributed by atoms with E-state index >= 15 is 0 Å². The zero-order valence-electron chi connectivity index (χ0n) is 16.8. The predicted octanol–water partition coefficient (Wildman–Crippen LogP) is 4.45. The molecule has 0 N–H and O–H groups in total. The molecule has 2 aromatic rings. The molecule has 5 nitrogen and oxygen atoms in total. The van der Waals surface area contributed by atoms with E-state index in [0.29, 0.717) is 11.6 Å². The number of amides is 2. The molecule has 2 amide bonds. The third-order valence-corrected chi connectivity index (χ3v) is 7.60. The number of allylic oxidation sites excluding steroid dienone is 2. The van der Waals surface area contributed by atoms with Crippen LogP contribution in [0.5, 0.6) is 5.75 Å². The fourth-order valence-electron chi connectivity index (χ4n) is 5.70. The van der Waals surface area contributed by atoms with Gasteiger partial charge in [-0.1, -0.05) is 35.9 Å². The summed E-state index contributed by atoms with van der Waals surface area (Å²) in [5.74, 6) is 0.450. The van der Waals surface area contributed by atoms with Gasteiger partial charge in [0.15, 0.2) is 0 Å². The van der Waals surface area contributed by atoms with E-state index in [4.69, 9.17) is 16.3 Å². The van der Waals surface area contributed by atoms with Crippen molar-refractivity contribution in [3.05, 3.63) is 76.8 Å². The fourth-order valence-corrected chi connectivity index (χ4v) is 5.82. The Morgan fingerprint density at radius 3 is 2.16 bits per heavy atom. The summed E-state index contributed by atoms with van der Waals surface area (Å²) in [6.07, 6.45) is 8.18. The lowest BCUT2D eigenvalue weighted by molar-refractivity contribution is -0.141. The maximum Gasteiger partial charge on any atom is 0.254 e. The minimum absolute atomic E-state index is 0.141. The Morgan fingerprint density at radius 1 is 0.968 bits per heavy atom. The molecule has 2 aromatic carbocycles. The first-order valence-corrected chi connectivity index (χ1v) is 11.0. The highest BCUT2D eigenvalue weighted by Gasteiger charge is 2.73. The highest BCUT2D eigenvalue weighted by molar-refractivity contribution is 6.30. The summed E-state index contributed by atoms with van der Waals surface area (Å²) >= 11 is 5.90. The number of carbonyl (C=O) groups excluding carboxylic acids is 2. The minimum Gasteiger partial charge on any atom is -0.489 e. The van der Waals surface area contributed by atoms with Gasteiger partial charge in [-0.3, -0.25) is 9.59 Å². The Labute approximate surface area is 185 Å². The molecule has 0 radical (unpaired) electrons. The minimum atomic E-state index is -0.217. The SMILES string of the molecule is O=C1[C@H]2[C@H](C(=O)N1/N=C\c1ccc(OCc3ccc(Cl)cc3)cc1)[C@H]1C=C[C@H]2C12CC2. The maximum atomic E-state index is 12.9. The highest BCUT2D eigenvalue weighted by atomic mass is 35.5. The number of hydrogen-bond donors (Lipinski definition) is 0. The van der Waals surface area contributed by atoms with Gasteiger partial charge in [0, 0.05) is 5.02 Å². The van der Waals surface area contributed by atoms with E-state index in [1.165, 1.54) is 0 Å². The van der Waals surface area contributed by atoms with Crippen molar-refractivity contribution in [2.24, 2.45) is 34.2 Å². The van der Waals surface area contributed by atoms with E-state index in [9.17, 15) is 9.59 Å². The second-order valence-corrected chi connectivity index (χ2v) is 9.37. The van der Waals surface area contributed by atoms with E-state index in [2.05, 4.69) is 17.3 Å². The number of benzene rings is 2. The Hall–Kier alpha value is -2.92. The van der Waals surface area contributed by atoms with Crippen LogP contribution < -0.4 is 4.74 Å². The molecule has 0 unspecified atom stereocenters. The molecule has 6 rings (SSSR count). The molecule has 3 aliphatic carbocycles. The molecular weight excluding hydrogens is 412 g/mol. The monoisotopic (exact) mass is 432 g/mol. The second-order valence-electron chi connectivity index (χ2n) is 8.94. The summed E-state index contributed by atoms with van der Waals surface area (Å²) < 4.78 is 5.79. The van der Waals surface area contributed by atoms with Crippen LogP contribution in [0.4, 0.5) is 0 Å². The molecule has 1 heterocycles. The van der Waals surface area contributed by atoms with Crippen LogP contribution in [0, 0.1) is 29.1 Å². The molecule has 4 atom stereocenters. The second kappa shape index (κ2) is 6.79. The van der Waals surface area contributed by atoms with Crippen LogP contribution in [0.2, 0.25) is 5.02 Å². The predicted molar refractivity (Wildman–Crippen MR) is 116 cm³/mol. The molecule has 1 spiro atoms. The van der Waals surface area contributed by atoms with Crippen molar-refractivity contribution in [3.8, 4) is 5.75 Å². The maximum absolute atomic E-state index is 12.9. The third-order valence-electron chi connectivity index (χ3n) is 7.35. The van der Waals surface area contributed by atoms with Gasteiger partial charge in [-0.2, -0.15) is 10.1 Å². The van der Waals surface area contributed by atoms with Crippen molar-refractivity contribution in [2.75, 3.05) is 0 Å². The first-order valence-electron chi connectivity index (χ1n) is 10.6. The molecule has 31 heavy (non-hydrogen) atoms. The number of ether oxygens (including phenoxy) is 1. The smallest absolute Gasteiger partial charge is 0.254 e. The van der Waals surface area contributed by atoms with Crippen molar-refractivity contribution < 1.29 is 14.3 Å². The van der Waals surface area contributed by atoms with Gasteiger partial charge in [0.25, 0.3) is 11.8 Å². The fraction of sp³-hybridized carbons (Fsp3) is 0.320. The lowest BCUT2D eigenvalue weighted by atomic mass is 9.85. The molecule has 6 heteroatoms. The molecule has 2 saturated carbocycles. The average Bonchev–Trinajstić information content (AvgIpc) is 3.38. The number of rotatable bonds is 5. The van der Waals surface area contributed by atoms with Crippen LogP contribution in [0.1, 0.15) is 24.0 Å². The van der Waals surface area contributed by atoms with E-state index in [0.717, 1.165) is 34.7 Å². The Morgan fingerprint density at radius 2 is 1.58 bits per heavy atom. The summed E-state index contributed by atoms with van der Waals surface area (Å²) in [5, 5.41) is 6.06. The van der Waals surface area contributed by atoms with Gasteiger partial charge in [0.1, 0.15) is 12.4 Å². The number of hydrogen-bond acceptors (Lipinski definition) is 4. The molecule has 3 fully saturated rings. The quantitative estimate of drug-likeness (QED) is 0.398. The number of carbonyl (C=O) groups is 2. The van der Waals surface area contributed by atoms with Crippen LogP contribution in [0.15, 0.2) is 65.8 Å². The number of imide groups is 1. The van der Waals surface area contributed by atoms with Crippen LogP contribution in [0.3, 0.4) is 0 Å². The van der Waals surface area contributed by atoms with Crippen molar-refractivity contribution in [2.45, 2.75) is 19.4 Å². The number of fused-ring (bicyclic) bond motifs is 3. The van der Waals surface area contributed by atoms with Crippen LogP contribution in [-0.4, -0.2) is 23.0 Å². The van der Waals surface area contributed by atoms with Crippen LogP contribution in [-0.2, 0) is 16.2 Å². The average molecular weight is 433 g/mol. The molecule has 156 valence electrons. The Bertz CT molecular complexity index is 1080. The zero-order chi connectivity index (χ0) is 21.2. The number of hydrazone groups is 1. The lowest BCUT2D eigenvalue weighted by Gasteiger charge is -2.18. The van der Waals surface area contributed by atoms with Crippen molar-refractivity contribution in [1.29, 1.82) is 0 Å². The molecule has 1 saturated heterocycles. The van der Waals surface area contributed by atoms with Crippen LogP contribution in [0.25, 0.3) is 0 Å². The molecule has 1 aliphatic heterocycles. The number of halogens is 1. The largest absolute Gasteiger partial charge is 0.489 e. The van der Waals surface area contributed by atoms with Crippen LogP contribution >= 0.6 is 11.6 Å². The van der Waals surface area contributed by atoms with Crippen molar-refractivity contribution in [1.82, 2.24) is 5.01 Å². The normalized spacial score (nSPS) is 29.4. The standard InChI is InChI=1S/C25H21ClN2O3/c26-17-5-1-16(2-6-17)14-31-18-7-3-15(4-8-18)13-27-28-23(29)21-19-9-10-20(22(21)24(28)30)25(19)11-12-25/h1-10,13,19-22H,11-12,14H2/b27-13-/t19-,20-,21-,22-/m1/s1. The van der Waals surface area contributed by atoms with Gasteiger partial charge in [0.2, 0.25) is 0 Å². The summed E-state index contributed by atoms with van der Waals surface area (Å²) in [6.45, 7) is 0.446. The Balaban J connectivity index is 1.11. The molecule has 2 bridgehead atoms. The molecular formula is C25H21ClN2O3. The summed E-state index contributed by atoms with van der Waals surface area (Å²) in [5.41, 5.74) is 2.04.